The molecule has 0 spiro atoms. The van der Waals surface area contributed by atoms with Crippen LogP contribution in [0.5, 0.6) is 0 Å². The molecular weight excluding hydrogens is 378 g/mol. The molecule has 2 fully saturated rings. The first-order valence-corrected chi connectivity index (χ1v) is 10.9. The number of carbonyl (C=O) groups excluding carboxylic acids is 2. The lowest BCUT2D eigenvalue weighted by molar-refractivity contribution is -0.128. The van der Waals surface area contributed by atoms with E-state index in [0.29, 0.717) is 19.0 Å². The number of rotatable bonds is 7. The summed E-state index contributed by atoms with van der Waals surface area (Å²) in [6.07, 6.45) is 4.31. The molecule has 160 valence electrons. The molecule has 2 heterocycles. The largest absolute Gasteiger partial charge is 0.356 e. The highest BCUT2D eigenvalue weighted by atomic mass is 16.2. The van der Waals surface area contributed by atoms with Crippen LogP contribution in [-0.2, 0) is 9.59 Å². The van der Waals surface area contributed by atoms with Crippen LogP contribution in [0, 0.1) is 25.7 Å². The first-order valence-electron chi connectivity index (χ1n) is 10.9. The summed E-state index contributed by atoms with van der Waals surface area (Å²) in [6, 6.07) is 9.89. The summed E-state index contributed by atoms with van der Waals surface area (Å²) >= 11 is 0. The molecule has 1 aliphatic heterocycles. The average molecular weight is 410 g/mol. The predicted octanol–water partition coefficient (Wildman–Crippen LogP) is 2.67. The maximum Gasteiger partial charge on any atom is 0.238 e. The molecule has 1 unspecified atom stereocenters. The molecule has 0 radical (unpaired) electrons. The normalized spacial score (nSPS) is 19.5. The van der Waals surface area contributed by atoms with Gasteiger partial charge in [-0.25, -0.2) is 4.68 Å². The van der Waals surface area contributed by atoms with Gasteiger partial charge in [-0.1, -0.05) is 18.2 Å². The molecule has 1 aliphatic carbocycles. The molecule has 1 saturated carbocycles. The molecule has 7 nitrogen and oxygen atoms in total. The topological polar surface area (TPSA) is 79.3 Å². The summed E-state index contributed by atoms with van der Waals surface area (Å²) in [4.78, 5) is 27.3. The summed E-state index contributed by atoms with van der Waals surface area (Å²) in [5, 5.41) is 10.7. The molecular formula is C23H31N5O2. The van der Waals surface area contributed by atoms with Gasteiger partial charge < -0.3 is 10.6 Å². The molecule has 7 heteroatoms. The zero-order chi connectivity index (χ0) is 21.1. The van der Waals surface area contributed by atoms with Gasteiger partial charge in [0.1, 0.15) is 0 Å². The van der Waals surface area contributed by atoms with E-state index in [9.17, 15) is 9.59 Å². The van der Waals surface area contributed by atoms with Crippen LogP contribution >= 0.6 is 0 Å². The number of aryl methyl sites for hydroxylation is 1. The second kappa shape index (κ2) is 9.00. The minimum absolute atomic E-state index is 0.0189. The van der Waals surface area contributed by atoms with E-state index in [-0.39, 0.29) is 17.7 Å². The van der Waals surface area contributed by atoms with E-state index in [2.05, 4.69) is 20.6 Å². The van der Waals surface area contributed by atoms with Crippen molar-refractivity contribution in [1.29, 1.82) is 0 Å². The summed E-state index contributed by atoms with van der Waals surface area (Å²) in [5.41, 5.74) is 3.43. The van der Waals surface area contributed by atoms with Crippen LogP contribution in [0.4, 0.5) is 5.69 Å². The molecule has 2 amide bonds. The molecule has 1 atom stereocenters. The van der Waals surface area contributed by atoms with Gasteiger partial charge in [-0.05, 0) is 64.1 Å². The molecule has 2 N–H and O–H groups in total. The second-order valence-electron chi connectivity index (χ2n) is 8.60. The highest BCUT2D eigenvalue weighted by Crippen LogP contribution is 2.28. The summed E-state index contributed by atoms with van der Waals surface area (Å²) in [6.45, 7) is 6.46. The number of aromatic nitrogens is 2. The fourth-order valence-corrected chi connectivity index (χ4v) is 4.15. The van der Waals surface area contributed by atoms with E-state index >= 15 is 0 Å². The third kappa shape index (κ3) is 4.90. The van der Waals surface area contributed by atoms with E-state index in [0.717, 1.165) is 48.7 Å². The number of carbonyl (C=O) groups is 2. The van der Waals surface area contributed by atoms with Gasteiger partial charge in [-0.15, -0.1) is 0 Å². The van der Waals surface area contributed by atoms with E-state index < -0.39 is 0 Å². The standard InChI is InChI=1S/C23H31N5O2/c1-16-22(17(2)28(26-16)20-8-4-3-5-9-20)25-21(29)15-27-12-6-7-19(14-27)23(30)24-13-18-10-11-18/h3-5,8-9,18-19H,6-7,10-15H2,1-2H3,(H,24,30)(H,25,29). The van der Waals surface area contributed by atoms with E-state index in [1.165, 1.54) is 12.8 Å². The fraction of sp³-hybridized carbons (Fsp3) is 0.522. The Labute approximate surface area is 177 Å². The minimum atomic E-state index is -0.0622. The SMILES string of the molecule is Cc1nn(-c2ccccc2)c(C)c1NC(=O)CN1CCCC(C(=O)NCC2CC2)C1. The number of hydrogen-bond acceptors (Lipinski definition) is 4. The number of para-hydroxylation sites is 1. The first-order chi connectivity index (χ1) is 14.5. The number of anilines is 1. The van der Waals surface area contributed by atoms with Crippen molar-refractivity contribution in [2.45, 2.75) is 39.5 Å². The number of piperidine rings is 1. The highest BCUT2D eigenvalue weighted by Gasteiger charge is 2.29. The van der Waals surface area contributed by atoms with Crippen molar-refractivity contribution >= 4 is 17.5 Å². The predicted molar refractivity (Wildman–Crippen MR) is 117 cm³/mol. The number of nitrogens with zero attached hydrogens (tertiary/aromatic N) is 3. The number of benzene rings is 1. The monoisotopic (exact) mass is 409 g/mol. The Hall–Kier alpha value is -2.67. The number of nitrogens with one attached hydrogen (secondary N) is 2. The van der Waals surface area contributed by atoms with Crippen LogP contribution < -0.4 is 10.6 Å². The molecule has 1 aromatic carbocycles. The third-order valence-corrected chi connectivity index (χ3v) is 6.06. The maximum atomic E-state index is 12.7. The Morgan fingerprint density at radius 3 is 2.63 bits per heavy atom. The third-order valence-electron chi connectivity index (χ3n) is 6.06. The average Bonchev–Trinajstić information content (AvgIpc) is 3.54. The molecule has 30 heavy (non-hydrogen) atoms. The van der Waals surface area contributed by atoms with Gasteiger partial charge in [-0.3, -0.25) is 14.5 Å². The lowest BCUT2D eigenvalue weighted by Gasteiger charge is -2.31. The van der Waals surface area contributed by atoms with Crippen LogP contribution in [0.3, 0.4) is 0 Å². The molecule has 2 aliphatic rings. The van der Waals surface area contributed by atoms with Gasteiger partial charge >= 0.3 is 0 Å². The van der Waals surface area contributed by atoms with Crippen molar-refractivity contribution in [3.05, 3.63) is 41.7 Å². The zero-order valence-corrected chi connectivity index (χ0v) is 17.9. The van der Waals surface area contributed by atoms with Crippen molar-refractivity contribution in [2.24, 2.45) is 11.8 Å². The van der Waals surface area contributed by atoms with Crippen molar-refractivity contribution in [3.63, 3.8) is 0 Å². The Morgan fingerprint density at radius 2 is 1.90 bits per heavy atom. The van der Waals surface area contributed by atoms with E-state index in [1.807, 2.05) is 48.9 Å². The molecule has 0 bridgehead atoms. The van der Waals surface area contributed by atoms with Crippen molar-refractivity contribution in [2.75, 3.05) is 31.5 Å². The van der Waals surface area contributed by atoms with Crippen molar-refractivity contribution < 1.29 is 9.59 Å². The highest BCUT2D eigenvalue weighted by molar-refractivity contribution is 5.93. The van der Waals surface area contributed by atoms with Gasteiger partial charge in [0.25, 0.3) is 0 Å². The smallest absolute Gasteiger partial charge is 0.238 e. The summed E-state index contributed by atoms with van der Waals surface area (Å²) in [7, 11) is 0. The Balaban J connectivity index is 1.34. The van der Waals surface area contributed by atoms with Crippen LogP contribution in [-0.4, -0.2) is 52.7 Å². The molecule has 1 aromatic heterocycles. The Kier molecular flexibility index (Phi) is 6.18. The van der Waals surface area contributed by atoms with Gasteiger partial charge in [0.05, 0.1) is 35.2 Å². The summed E-state index contributed by atoms with van der Waals surface area (Å²) < 4.78 is 1.85. The van der Waals surface area contributed by atoms with Crippen LogP contribution in [0.25, 0.3) is 5.69 Å². The number of hydrogen-bond donors (Lipinski definition) is 2. The van der Waals surface area contributed by atoms with Crippen molar-refractivity contribution in [1.82, 2.24) is 20.0 Å². The van der Waals surface area contributed by atoms with Crippen LogP contribution in [0.1, 0.15) is 37.1 Å². The Morgan fingerprint density at radius 1 is 1.13 bits per heavy atom. The summed E-state index contributed by atoms with van der Waals surface area (Å²) in [5.74, 6) is 0.744. The van der Waals surface area contributed by atoms with Gasteiger partial charge in [0, 0.05) is 13.1 Å². The zero-order valence-electron chi connectivity index (χ0n) is 17.9. The minimum Gasteiger partial charge on any atom is -0.356 e. The van der Waals surface area contributed by atoms with E-state index in [4.69, 9.17) is 0 Å². The molecule has 1 saturated heterocycles. The lowest BCUT2D eigenvalue weighted by Crippen LogP contribution is -2.45. The molecule has 4 rings (SSSR count). The van der Waals surface area contributed by atoms with Crippen molar-refractivity contribution in [3.8, 4) is 5.69 Å². The van der Waals surface area contributed by atoms with E-state index in [1.54, 1.807) is 0 Å². The van der Waals surface area contributed by atoms with Crippen LogP contribution in [0.15, 0.2) is 30.3 Å². The fourth-order valence-electron chi connectivity index (χ4n) is 4.15. The quantitative estimate of drug-likeness (QED) is 0.737. The van der Waals surface area contributed by atoms with Gasteiger partial charge in [-0.2, -0.15) is 5.10 Å². The Bertz CT molecular complexity index is 904. The number of amides is 2. The van der Waals surface area contributed by atoms with Gasteiger partial charge in [0.15, 0.2) is 0 Å². The first kappa shape index (κ1) is 20.6. The lowest BCUT2D eigenvalue weighted by atomic mass is 9.97. The maximum absolute atomic E-state index is 12.7. The van der Waals surface area contributed by atoms with Gasteiger partial charge in [0.2, 0.25) is 11.8 Å². The van der Waals surface area contributed by atoms with Crippen LogP contribution in [0.2, 0.25) is 0 Å². The second-order valence-corrected chi connectivity index (χ2v) is 8.60. The molecule has 2 aromatic rings. The number of likely N-dealkylation sites (tertiary alicyclic amines) is 1.